The van der Waals surface area contributed by atoms with Crippen molar-refractivity contribution in [1.82, 2.24) is 9.78 Å². The summed E-state index contributed by atoms with van der Waals surface area (Å²) >= 11 is 0. The van der Waals surface area contributed by atoms with Gasteiger partial charge in [0.25, 0.3) is 0 Å². The number of carbonyl (C=O) groups is 1. The molecular formula is C16H18N2O2. The number of aryl methyl sites for hydroxylation is 1. The summed E-state index contributed by atoms with van der Waals surface area (Å²) in [6.07, 6.45) is 2.54. The number of methoxy groups -OCH3 is 1. The van der Waals surface area contributed by atoms with Gasteiger partial charge in [0, 0.05) is 12.5 Å². The second kappa shape index (κ2) is 5.12. The van der Waals surface area contributed by atoms with Gasteiger partial charge in [-0.05, 0) is 24.8 Å². The van der Waals surface area contributed by atoms with Gasteiger partial charge in [0.15, 0.2) is 11.5 Å². The average Bonchev–Trinajstić information content (AvgIpc) is 3.19. The van der Waals surface area contributed by atoms with Crippen molar-refractivity contribution in [3.05, 3.63) is 47.8 Å². The van der Waals surface area contributed by atoms with E-state index in [1.54, 1.807) is 18.0 Å². The van der Waals surface area contributed by atoms with Crippen LogP contribution in [-0.4, -0.2) is 22.7 Å². The van der Waals surface area contributed by atoms with E-state index in [1.165, 1.54) is 5.56 Å². The lowest BCUT2D eigenvalue weighted by molar-refractivity contribution is 0.0951. The summed E-state index contributed by atoms with van der Waals surface area (Å²) in [5.74, 6) is 1.13. The normalized spacial score (nSPS) is 20.7. The van der Waals surface area contributed by atoms with Gasteiger partial charge in [0.2, 0.25) is 0 Å². The molecule has 0 amide bonds. The minimum Gasteiger partial charge on any atom is -0.493 e. The fraction of sp³-hybridized carbons (Fsp3) is 0.375. The molecule has 3 rings (SSSR count). The molecule has 1 aromatic carbocycles. The molecule has 4 nitrogen and oxygen atoms in total. The molecule has 104 valence electrons. The lowest BCUT2D eigenvalue weighted by atomic mass is 10.1. The summed E-state index contributed by atoms with van der Waals surface area (Å²) in [6.45, 7) is 2.65. The molecule has 0 radical (unpaired) electrons. The topological polar surface area (TPSA) is 44.1 Å². The van der Waals surface area contributed by atoms with E-state index in [1.807, 2.05) is 25.1 Å². The summed E-state index contributed by atoms with van der Waals surface area (Å²) in [4.78, 5) is 12.7. The van der Waals surface area contributed by atoms with Gasteiger partial charge in [0.1, 0.15) is 5.69 Å². The number of benzene rings is 1. The van der Waals surface area contributed by atoms with Crippen LogP contribution in [0.2, 0.25) is 0 Å². The second-order valence-electron chi connectivity index (χ2n) is 5.10. The van der Waals surface area contributed by atoms with E-state index in [9.17, 15) is 4.79 Å². The van der Waals surface area contributed by atoms with Gasteiger partial charge < -0.3 is 4.74 Å². The maximum atomic E-state index is 12.7. The number of rotatable bonds is 5. The Hall–Kier alpha value is -2.10. The Morgan fingerprint density at radius 1 is 1.40 bits per heavy atom. The van der Waals surface area contributed by atoms with Crippen LogP contribution in [0.5, 0.6) is 5.75 Å². The number of ether oxygens (including phenoxy) is 1. The highest BCUT2D eigenvalue weighted by Crippen LogP contribution is 2.49. The average molecular weight is 270 g/mol. The summed E-state index contributed by atoms with van der Waals surface area (Å²) in [7, 11) is 1.58. The van der Waals surface area contributed by atoms with Crippen molar-refractivity contribution in [3.63, 3.8) is 0 Å². The maximum Gasteiger partial charge on any atom is 0.188 e. The zero-order valence-electron chi connectivity index (χ0n) is 11.7. The lowest BCUT2D eigenvalue weighted by Gasteiger charge is -2.06. The van der Waals surface area contributed by atoms with Crippen LogP contribution in [0.25, 0.3) is 0 Å². The molecule has 20 heavy (non-hydrogen) atoms. The van der Waals surface area contributed by atoms with Crippen molar-refractivity contribution in [2.75, 3.05) is 7.11 Å². The summed E-state index contributed by atoms with van der Waals surface area (Å²) in [5, 5.41) is 4.21. The van der Waals surface area contributed by atoms with Gasteiger partial charge >= 0.3 is 0 Å². The molecule has 0 bridgehead atoms. The molecule has 2 atom stereocenters. The highest BCUT2D eigenvalue weighted by atomic mass is 16.5. The van der Waals surface area contributed by atoms with E-state index in [-0.39, 0.29) is 11.7 Å². The SMILES string of the molecule is CCn1ncc(OC)c1C(=O)C1CC1c1ccccc1. The standard InChI is InChI=1S/C16H18N2O2/c1-3-18-15(14(20-2)10-17-18)16(19)13-9-12(13)11-7-5-4-6-8-11/h4-8,10,12-13H,3,9H2,1-2H3. The van der Waals surface area contributed by atoms with Gasteiger partial charge in [-0.3, -0.25) is 9.48 Å². The number of nitrogens with zero attached hydrogens (tertiary/aromatic N) is 2. The van der Waals surface area contributed by atoms with E-state index in [0.29, 0.717) is 23.9 Å². The summed E-state index contributed by atoms with van der Waals surface area (Å²) in [5.41, 5.74) is 1.85. The van der Waals surface area contributed by atoms with E-state index in [0.717, 1.165) is 6.42 Å². The van der Waals surface area contributed by atoms with Gasteiger partial charge in [-0.2, -0.15) is 5.10 Å². The van der Waals surface area contributed by atoms with Crippen molar-refractivity contribution in [3.8, 4) is 5.75 Å². The molecule has 0 spiro atoms. The zero-order chi connectivity index (χ0) is 14.1. The number of hydrogen-bond donors (Lipinski definition) is 0. The first-order valence-electron chi connectivity index (χ1n) is 6.95. The largest absolute Gasteiger partial charge is 0.493 e. The summed E-state index contributed by atoms with van der Waals surface area (Å²) < 4.78 is 6.99. The molecule has 1 aromatic heterocycles. The van der Waals surface area contributed by atoms with Crippen LogP contribution in [-0.2, 0) is 6.54 Å². The molecule has 4 heteroatoms. The van der Waals surface area contributed by atoms with Gasteiger partial charge in [-0.15, -0.1) is 0 Å². The number of ketones is 1. The first-order valence-corrected chi connectivity index (χ1v) is 6.95. The predicted octanol–water partition coefficient (Wildman–Crippen LogP) is 2.90. The lowest BCUT2D eigenvalue weighted by Crippen LogP contribution is -2.13. The third kappa shape index (κ3) is 2.11. The Balaban J connectivity index is 1.83. The molecule has 2 unspecified atom stereocenters. The van der Waals surface area contributed by atoms with Crippen LogP contribution in [0.15, 0.2) is 36.5 Å². The van der Waals surface area contributed by atoms with Crippen molar-refractivity contribution >= 4 is 5.78 Å². The Morgan fingerprint density at radius 3 is 2.80 bits per heavy atom. The Labute approximate surface area is 118 Å². The van der Waals surface area contributed by atoms with Crippen molar-refractivity contribution in [1.29, 1.82) is 0 Å². The molecule has 0 aliphatic heterocycles. The quantitative estimate of drug-likeness (QED) is 0.785. The second-order valence-corrected chi connectivity index (χ2v) is 5.10. The van der Waals surface area contributed by atoms with Gasteiger partial charge in [-0.25, -0.2) is 0 Å². The minimum absolute atomic E-state index is 0.0632. The molecule has 0 saturated heterocycles. The first kappa shape index (κ1) is 12.9. The van der Waals surface area contributed by atoms with Gasteiger partial charge in [0.05, 0.1) is 13.3 Å². The number of Topliss-reactive ketones (excluding diaryl/α,β-unsaturated/α-hetero) is 1. The van der Waals surface area contributed by atoms with Gasteiger partial charge in [-0.1, -0.05) is 30.3 Å². The Kier molecular flexibility index (Phi) is 3.30. The van der Waals surface area contributed by atoms with Crippen molar-refractivity contribution < 1.29 is 9.53 Å². The third-order valence-electron chi connectivity index (χ3n) is 3.91. The maximum absolute atomic E-state index is 12.7. The van der Waals surface area contributed by atoms with E-state index in [2.05, 4.69) is 17.2 Å². The molecule has 1 aliphatic carbocycles. The van der Waals surface area contributed by atoms with Crippen LogP contribution in [0.4, 0.5) is 0 Å². The monoisotopic (exact) mass is 270 g/mol. The molecular weight excluding hydrogens is 252 g/mol. The molecule has 0 N–H and O–H groups in total. The first-order chi connectivity index (χ1) is 9.76. The minimum atomic E-state index is 0.0632. The number of aromatic nitrogens is 2. The Bertz CT molecular complexity index is 597. The van der Waals surface area contributed by atoms with Crippen LogP contribution in [0, 0.1) is 5.92 Å². The zero-order valence-corrected chi connectivity index (χ0v) is 11.7. The molecule has 1 fully saturated rings. The fourth-order valence-electron chi connectivity index (χ4n) is 2.73. The molecule has 1 heterocycles. The predicted molar refractivity (Wildman–Crippen MR) is 76.1 cm³/mol. The van der Waals surface area contributed by atoms with Crippen LogP contribution < -0.4 is 4.74 Å². The smallest absolute Gasteiger partial charge is 0.188 e. The van der Waals surface area contributed by atoms with Crippen LogP contribution in [0.3, 0.4) is 0 Å². The number of carbonyl (C=O) groups excluding carboxylic acids is 1. The highest BCUT2D eigenvalue weighted by molar-refractivity contribution is 6.01. The van der Waals surface area contributed by atoms with Crippen molar-refractivity contribution in [2.45, 2.75) is 25.8 Å². The van der Waals surface area contributed by atoms with Crippen molar-refractivity contribution in [2.24, 2.45) is 5.92 Å². The highest BCUT2D eigenvalue weighted by Gasteiger charge is 2.45. The summed E-state index contributed by atoms with van der Waals surface area (Å²) in [6, 6.07) is 10.2. The Morgan fingerprint density at radius 2 is 2.15 bits per heavy atom. The third-order valence-corrected chi connectivity index (χ3v) is 3.91. The fourth-order valence-corrected chi connectivity index (χ4v) is 2.73. The van der Waals surface area contributed by atoms with E-state index in [4.69, 9.17) is 4.74 Å². The molecule has 2 aromatic rings. The molecule has 1 aliphatic rings. The molecule has 1 saturated carbocycles. The van der Waals surface area contributed by atoms with Crippen LogP contribution >= 0.6 is 0 Å². The van der Waals surface area contributed by atoms with E-state index < -0.39 is 0 Å². The number of hydrogen-bond acceptors (Lipinski definition) is 3. The van der Waals surface area contributed by atoms with E-state index >= 15 is 0 Å². The van der Waals surface area contributed by atoms with Crippen LogP contribution in [0.1, 0.15) is 35.3 Å².